The molecule has 186 valence electrons. The third kappa shape index (κ3) is 4.03. The SMILES string of the molecule is CCc1ccc2c(c1[Si]c1c(O[Si](C)(C)C)c(C)cc3c1C(Cl)c1ccccc1-3)C(Cl)c1ccccc1-2. The lowest BCUT2D eigenvalue weighted by atomic mass is 10.0. The molecule has 2 radical (unpaired) electrons. The van der Waals surface area contributed by atoms with Gasteiger partial charge in [-0.2, -0.15) is 0 Å². The molecule has 0 amide bonds. The Kier molecular flexibility index (Phi) is 6.19. The van der Waals surface area contributed by atoms with Crippen LogP contribution < -0.4 is 14.8 Å². The lowest BCUT2D eigenvalue weighted by Crippen LogP contribution is -2.40. The number of alkyl halides is 2. The van der Waals surface area contributed by atoms with E-state index in [2.05, 4.69) is 100 Å². The van der Waals surface area contributed by atoms with Crippen LogP contribution in [-0.2, 0) is 6.42 Å². The second-order valence-electron chi connectivity index (χ2n) is 11.0. The predicted octanol–water partition coefficient (Wildman–Crippen LogP) is 8.04. The average molecular weight is 558 g/mol. The molecule has 0 saturated carbocycles. The summed E-state index contributed by atoms with van der Waals surface area (Å²) in [7, 11) is -1.48. The Hall–Kier alpha value is -2.31. The fourth-order valence-electron chi connectivity index (χ4n) is 5.83. The Bertz CT molecular complexity index is 1550. The first-order valence-electron chi connectivity index (χ1n) is 13.0. The summed E-state index contributed by atoms with van der Waals surface area (Å²) >= 11 is 14.5. The third-order valence-corrected chi connectivity index (χ3v) is 10.7. The third-order valence-electron chi connectivity index (χ3n) is 7.43. The maximum Gasteiger partial charge on any atom is 0.242 e. The molecule has 4 aromatic carbocycles. The number of halogens is 2. The summed E-state index contributed by atoms with van der Waals surface area (Å²) in [4.78, 5) is 0. The first kappa shape index (κ1) is 25.0. The Labute approximate surface area is 233 Å². The van der Waals surface area contributed by atoms with Crippen molar-refractivity contribution in [1.82, 2.24) is 0 Å². The zero-order valence-electron chi connectivity index (χ0n) is 21.9. The summed E-state index contributed by atoms with van der Waals surface area (Å²) in [5.74, 6) is 1.02. The van der Waals surface area contributed by atoms with Crippen LogP contribution in [0.4, 0.5) is 0 Å². The van der Waals surface area contributed by atoms with Crippen molar-refractivity contribution in [3.05, 3.63) is 100 Å². The molecule has 0 aromatic heterocycles. The maximum atomic E-state index is 7.27. The molecule has 4 aromatic rings. The Balaban J connectivity index is 1.61. The normalized spacial score (nSPS) is 17.3. The van der Waals surface area contributed by atoms with Gasteiger partial charge in [0.1, 0.15) is 15.3 Å². The van der Waals surface area contributed by atoms with Crippen LogP contribution in [0, 0.1) is 6.92 Å². The van der Waals surface area contributed by atoms with Gasteiger partial charge < -0.3 is 4.43 Å². The molecule has 2 unspecified atom stereocenters. The molecule has 2 aliphatic carbocycles. The van der Waals surface area contributed by atoms with Crippen molar-refractivity contribution in [2.45, 2.75) is 50.7 Å². The highest BCUT2D eigenvalue weighted by Gasteiger charge is 2.36. The first-order chi connectivity index (χ1) is 17.7. The van der Waals surface area contributed by atoms with Crippen LogP contribution in [-0.4, -0.2) is 17.8 Å². The van der Waals surface area contributed by atoms with Crippen molar-refractivity contribution in [1.29, 1.82) is 0 Å². The summed E-state index contributed by atoms with van der Waals surface area (Å²) in [6, 6.07) is 24.0. The zero-order valence-corrected chi connectivity index (χ0v) is 25.4. The highest BCUT2D eigenvalue weighted by Crippen LogP contribution is 2.49. The molecule has 5 heteroatoms. The Morgan fingerprint density at radius 1 is 0.757 bits per heavy atom. The van der Waals surface area contributed by atoms with E-state index < -0.39 is 8.32 Å². The van der Waals surface area contributed by atoms with E-state index in [0.29, 0.717) is 9.52 Å². The largest absolute Gasteiger partial charge is 0.544 e. The number of benzene rings is 4. The lowest BCUT2D eigenvalue weighted by Gasteiger charge is -2.27. The summed E-state index contributed by atoms with van der Waals surface area (Å²) in [6.07, 6.45) is 0.957. The molecule has 6 rings (SSSR count). The summed E-state index contributed by atoms with van der Waals surface area (Å²) in [5, 5.41) is 2.26. The fraction of sp³-hybridized carbons (Fsp3) is 0.250. The van der Waals surface area contributed by atoms with Crippen molar-refractivity contribution in [3.8, 4) is 28.0 Å². The van der Waals surface area contributed by atoms with Crippen LogP contribution in [0.1, 0.15) is 51.1 Å². The van der Waals surface area contributed by atoms with E-state index >= 15 is 0 Å². The van der Waals surface area contributed by atoms with Gasteiger partial charge in [0.05, 0.1) is 10.8 Å². The predicted molar refractivity (Wildman–Crippen MR) is 162 cm³/mol. The van der Waals surface area contributed by atoms with Crippen molar-refractivity contribution >= 4 is 51.4 Å². The molecular formula is C32H30Cl2OSi2. The maximum absolute atomic E-state index is 7.27. The molecule has 0 fully saturated rings. The van der Waals surface area contributed by atoms with Crippen LogP contribution in [0.3, 0.4) is 0 Å². The molecule has 1 nitrogen and oxygen atoms in total. The molecule has 2 aliphatic rings. The molecule has 0 spiro atoms. The molecule has 37 heavy (non-hydrogen) atoms. The monoisotopic (exact) mass is 556 g/mol. The smallest absolute Gasteiger partial charge is 0.242 e. The van der Waals surface area contributed by atoms with Gasteiger partial charge in [0.25, 0.3) is 0 Å². The lowest BCUT2D eigenvalue weighted by molar-refractivity contribution is 0.557. The van der Waals surface area contributed by atoms with Gasteiger partial charge in [-0.25, -0.2) is 0 Å². The first-order valence-corrected chi connectivity index (χ1v) is 18.2. The van der Waals surface area contributed by atoms with Gasteiger partial charge in [0, 0.05) is 0 Å². The molecule has 0 bridgehead atoms. The molecular weight excluding hydrogens is 527 g/mol. The quantitative estimate of drug-likeness (QED) is 0.178. The van der Waals surface area contributed by atoms with E-state index in [0.717, 1.165) is 12.2 Å². The van der Waals surface area contributed by atoms with Crippen LogP contribution in [0.25, 0.3) is 22.3 Å². The Morgan fingerprint density at radius 3 is 1.92 bits per heavy atom. The molecule has 0 N–H and O–H groups in total. The van der Waals surface area contributed by atoms with Crippen molar-refractivity contribution in [2.75, 3.05) is 0 Å². The van der Waals surface area contributed by atoms with E-state index in [4.69, 9.17) is 27.6 Å². The van der Waals surface area contributed by atoms with Crippen LogP contribution >= 0.6 is 23.2 Å². The number of fused-ring (bicyclic) bond motifs is 6. The molecule has 0 heterocycles. The number of aryl methyl sites for hydroxylation is 2. The molecule has 2 atom stereocenters. The van der Waals surface area contributed by atoms with Gasteiger partial charge in [-0.15, -0.1) is 23.2 Å². The fourth-order valence-corrected chi connectivity index (χ4v) is 9.68. The van der Waals surface area contributed by atoms with Crippen molar-refractivity contribution < 1.29 is 4.43 Å². The van der Waals surface area contributed by atoms with Gasteiger partial charge in [0.2, 0.25) is 8.32 Å². The summed E-state index contributed by atoms with van der Waals surface area (Å²) in [6.45, 7) is 11.2. The second kappa shape index (κ2) is 9.16. The number of hydrogen-bond donors (Lipinski definition) is 0. The van der Waals surface area contributed by atoms with Crippen LogP contribution in [0.15, 0.2) is 66.7 Å². The number of rotatable bonds is 5. The summed E-state index contributed by atoms with van der Waals surface area (Å²) < 4.78 is 6.84. The van der Waals surface area contributed by atoms with E-state index in [1.165, 1.54) is 66.0 Å². The summed E-state index contributed by atoms with van der Waals surface area (Å²) in [5.41, 5.74) is 12.4. The van der Waals surface area contributed by atoms with Crippen molar-refractivity contribution in [2.24, 2.45) is 0 Å². The van der Waals surface area contributed by atoms with Crippen LogP contribution in [0.2, 0.25) is 19.6 Å². The average Bonchev–Trinajstić information content (AvgIpc) is 3.32. The minimum Gasteiger partial charge on any atom is -0.544 e. The van der Waals surface area contributed by atoms with E-state index in [9.17, 15) is 0 Å². The molecule has 0 saturated heterocycles. The van der Waals surface area contributed by atoms with Gasteiger partial charge >= 0.3 is 0 Å². The van der Waals surface area contributed by atoms with Crippen LogP contribution in [0.5, 0.6) is 5.75 Å². The topological polar surface area (TPSA) is 9.23 Å². The van der Waals surface area contributed by atoms with E-state index in [1.54, 1.807) is 0 Å². The molecule has 0 aliphatic heterocycles. The number of hydrogen-bond acceptors (Lipinski definition) is 1. The Morgan fingerprint density at radius 2 is 1.32 bits per heavy atom. The van der Waals surface area contributed by atoms with E-state index in [-0.39, 0.29) is 10.8 Å². The van der Waals surface area contributed by atoms with Crippen molar-refractivity contribution in [3.63, 3.8) is 0 Å². The van der Waals surface area contributed by atoms with Gasteiger partial charge in [-0.1, -0.05) is 67.6 Å². The van der Waals surface area contributed by atoms with Gasteiger partial charge in [-0.3, -0.25) is 0 Å². The van der Waals surface area contributed by atoms with Gasteiger partial charge in [0.15, 0.2) is 0 Å². The minimum atomic E-state index is -1.88. The standard InChI is InChI=1S/C32H30Cl2OSi2/c1-6-19-15-16-22-20-11-7-9-13-23(20)28(33)26(22)31(19)36-32-27-25(17-18(2)30(32)35-37(3,4)5)21-12-8-10-14-24(21)29(27)34/h7-17,28-29H,6H2,1-5H3. The zero-order chi connectivity index (χ0) is 26.1. The van der Waals surface area contributed by atoms with Gasteiger partial charge in [-0.05, 0) is 105 Å². The highest BCUT2D eigenvalue weighted by atomic mass is 35.5. The van der Waals surface area contributed by atoms with E-state index in [1.807, 2.05) is 0 Å². The minimum absolute atomic E-state index is 0.150. The second-order valence-corrected chi connectivity index (χ2v) is 17.6. The highest BCUT2D eigenvalue weighted by molar-refractivity contribution is 6.73.